The molecule has 0 amide bonds. The summed E-state index contributed by atoms with van der Waals surface area (Å²) in [5.41, 5.74) is 0.670. The Hall–Kier alpha value is -2.48. The maximum atomic E-state index is 5.23. The van der Waals surface area contributed by atoms with Gasteiger partial charge >= 0.3 is 0 Å². The largest absolute Gasteiger partial charge is 0.383 e. The second-order valence-electron chi connectivity index (χ2n) is 5.24. The van der Waals surface area contributed by atoms with E-state index in [1.54, 1.807) is 13.3 Å². The third-order valence-corrected chi connectivity index (χ3v) is 3.10. The zero-order valence-electron chi connectivity index (χ0n) is 14.3. The predicted molar refractivity (Wildman–Crippen MR) is 91.7 cm³/mol. The normalized spacial score (nSPS) is 12.9. The van der Waals surface area contributed by atoms with Gasteiger partial charge in [0.1, 0.15) is 5.69 Å². The van der Waals surface area contributed by atoms with Crippen molar-refractivity contribution in [2.45, 2.75) is 26.3 Å². The minimum Gasteiger partial charge on any atom is -0.383 e. The van der Waals surface area contributed by atoms with Gasteiger partial charge in [-0.15, -0.1) is 0 Å². The molecule has 0 aliphatic heterocycles. The van der Waals surface area contributed by atoms with Gasteiger partial charge in [0.15, 0.2) is 11.8 Å². The topological polar surface area (TPSA) is 97.5 Å². The number of rotatable bonds is 8. The van der Waals surface area contributed by atoms with E-state index in [0.29, 0.717) is 37.0 Å². The van der Waals surface area contributed by atoms with Gasteiger partial charge in [-0.3, -0.25) is 9.98 Å². The summed E-state index contributed by atoms with van der Waals surface area (Å²) in [6, 6.07) is 5.73. The maximum Gasteiger partial charge on any atom is 0.276 e. The zero-order valence-corrected chi connectivity index (χ0v) is 14.3. The lowest BCUT2D eigenvalue weighted by Gasteiger charge is -2.16. The van der Waals surface area contributed by atoms with Crippen molar-refractivity contribution < 1.29 is 9.26 Å². The summed E-state index contributed by atoms with van der Waals surface area (Å²) in [7, 11) is 1.68. The van der Waals surface area contributed by atoms with Crippen LogP contribution in [0.4, 0.5) is 0 Å². The molecule has 0 radical (unpaired) electrons. The smallest absolute Gasteiger partial charge is 0.276 e. The van der Waals surface area contributed by atoms with Gasteiger partial charge in [0.25, 0.3) is 5.89 Å². The molecule has 130 valence electrons. The molecule has 0 saturated heterocycles. The average molecular weight is 332 g/mol. The van der Waals surface area contributed by atoms with Gasteiger partial charge in [-0.25, -0.2) is 0 Å². The summed E-state index contributed by atoms with van der Waals surface area (Å²) in [6.07, 6.45) is 2.28. The summed E-state index contributed by atoms with van der Waals surface area (Å²) >= 11 is 0. The number of ether oxygens (including phenoxy) is 1. The van der Waals surface area contributed by atoms with Crippen LogP contribution in [0.5, 0.6) is 0 Å². The predicted octanol–water partition coefficient (Wildman–Crippen LogP) is 1.26. The molecular weight excluding hydrogens is 308 g/mol. The molecule has 8 nitrogen and oxygen atoms in total. The number of hydrogen-bond donors (Lipinski definition) is 2. The van der Waals surface area contributed by atoms with Crippen LogP contribution in [0, 0.1) is 0 Å². The van der Waals surface area contributed by atoms with Gasteiger partial charge in [0.05, 0.1) is 6.61 Å². The first-order chi connectivity index (χ1) is 11.7. The summed E-state index contributed by atoms with van der Waals surface area (Å²) in [5.74, 6) is 1.78. The quantitative estimate of drug-likeness (QED) is 0.555. The average Bonchev–Trinajstić information content (AvgIpc) is 3.05. The number of aromatic nitrogens is 3. The first kappa shape index (κ1) is 17.9. The second kappa shape index (κ2) is 9.61. The summed E-state index contributed by atoms with van der Waals surface area (Å²) < 4.78 is 10.4. The highest BCUT2D eigenvalue weighted by atomic mass is 16.5. The fraction of sp³-hybridized carbons (Fsp3) is 0.500. The van der Waals surface area contributed by atoms with Crippen LogP contribution in [0.25, 0.3) is 11.6 Å². The Kier molecular flexibility index (Phi) is 7.16. The molecule has 0 aliphatic carbocycles. The Morgan fingerprint density at radius 3 is 3.00 bits per heavy atom. The molecule has 0 aromatic carbocycles. The fourth-order valence-corrected chi connectivity index (χ4v) is 2.06. The van der Waals surface area contributed by atoms with E-state index in [4.69, 9.17) is 9.26 Å². The summed E-state index contributed by atoms with van der Waals surface area (Å²) in [4.78, 5) is 13.0. The van der Waals surface area contributed by atoms with E-state index in [1.165, 1.54) is 0 Å². The number of nitrogens with zero attached hydrogens (tertiary/aromatic N) is 4. The minimum absolute atomic E-state index is 0.175. The van der Waals surface area contributed by atoms with Crippen LogP contribution in [-0.4, -0.2) is 53.9 Å². The van der Waals surface area contributed by atoms with Crippen molar-refractivity contribution in [2.24, 2.45) is 4.99 Å². The number of nitrogens with one attached hydrogen (secondary N) is 2. The SMILES string of the molecule is CCNC(=NCCc1noc(-c2ccccn2)n1)NC(C)COC. The Bertz CT molecular complexity index is 629. The standard InChI is InChI=1S/C16H24N6O2/c1-4-17-16(20-12(2)11-23-3)19-10-8-14-21-15(24-22-14)13-7-5-6-9-18-13/h5-7,9,12H,4,8,10-11H2,1-3H3,(H2,17,19,20). The second-order valence-corrected chi connectivity index (χ2v) is 5.24. The van der Waals surface area contributed by atoms with Crippen LogP contribution in [-0.2, 0) is 11.2 Å². The third kappa shape index (κ3) is 5.62. The van der Waals surface area contributed by atoms with E-state index in [9.17, 15) is 0 Å². The van der Waals surface area contributed by atoms with Crippen molar-refractivity contribution >= 4 is 5.96 Å². The first-order valence-corrected chi connectivity index (χ1v) is 8.00. The Balaban J connectivity index is 1.90. The van der Waals surface area contributed by atoms with Crippen LogP contribution in [0.1, 0.15) is 19.7 Å². The third-order valence-electron chi connectivity index (χ3n) is 3.10. The van der Waals surface area contributed by atoms with E-state index >= 15 is 0 Å². The molecule has 8 heteroatoms. The van der Waals surface area contributed by atoms with Crippen LogP contribution in [0.15, 0.2) is 33.9 Å². The van der Waals surface area contributed by atoms with Crippen molar-refractivity contribution in [1.29, 1.82) is 0 Å². The highest BCUT2D eigenvalue weighted by molar-refractivity contribution is 5.80. The number of methoxy groups -OCH3 is 1. The van der Waals surface area contributed by atoms with Gasteiger partial charge in [-0.05, 0) is 26.0 Å². The lowest BCUT2D eigenvalue weighted by atomic mass is 10.3. The van der Waals surface area contributed by atoms with E-state index in [1.807, 2.05) is 32.0 Å². The van der Waals surface area contributed by atoms with E-state index in [0.717, 1.165) is 12.5 Å². The Morgan fingerprint density at radius 2 is 2.29 bits per heavy atom. The fourth-order valence-electron chi connectivity index (χ4n) is 2.06. The molecule has 0 fully saturated rings. The zero-order chi connectivity index (χ0) is 17.2. The Labute approximate surface area is 141 Å². The van der Waals surface area contributed by atoms with E-state index in [2.05, 4.69) is 30.8 Å². The molecule has 2 rings (SSSR count). The maximum absolute atomic E-state index is 5.23. The number of pyridine rings is 1. The van der Waals surface area contributed by atoms with Crippen LogP contribution < -0.4 is 10.6 Å². The van der Waals surface area contributed by atoms with Crippen molar-refractivity contribution in [1.82, 2.24) is 25.8 Å². The van der Waals surface area contributed by atoms with Crippen LogP contribution >= 0.6 is 0 Å². The number of hydrogen-bond acceptors (Lipinski definition) is 6. The number of guanidine groups is 1. The summed E-state index contributed by atoms with van der Waals surface area (Å²) in [6.45, 7) is 6.02. The highest BCUT2D eigenvalue weighted by Gasteiger charge is 2.09. The molecule has 0 saturated carbocycles. The highest BCUT2D eigenvalue weighted by Crippen LogP contribution is 2.13. The van der Waals surface area contributed by atoms with Crippen LogP contribution in [0.2, 0.25) is 0 Å². The molecule has 2 N–H and O–H groups in total. The monoisotopic (exact) mass is 332 g/mol. The van der Waals surface area contributed by atoms with Crippen molar-refractivity contribution in [3.05, 3.63) is 30.2 Å². The van der Waals surface area contributed by atoms with Gasteiger partial charge < -0.3 is 19.9 Å². The molecule has 2 aromatic heterocycles. The molecule has 2 aromatic rings. The molecule has 1 unspecified atom stereocenters. The van der Waals surface area contributed by atoms with Crippen molar-refractivity contribution in [3.8, 4) is 11.6 Å². The number of aliphatic imine (C=N–C) groups is 1. The Morgan fingerprint density at radius 1 is 1.42 bits per heavy atom. The molecule has 0 aliphatic rings. The molecule has 24 heavy (non-hydrogen) atoms. The lowest BCUT2D eigenvalue weighted by Crippen LogP contribution is -2.44. The van der Waals surface area contributed by atoms with Crippen molar-refractivity contribution in [3.63, 3.8) is 0 Å². The lowest BCUT2D eigenvalue weighted by molar-refractivity contribution is 0.179. The first-order valence-electron chi connectivity index (χ1n) is 8.00. The van der Waals surface area contributed by atoms with Gasteiger partial charge in [0.2, 0.25) is 0 Å². The molecule has 1 atom stereocenters. The molecule has 0 bridgehead atoms. The summed E-state index contributed by atoms with van der Waals surface area (Å²) in [5, 5.41) is 10.4. The van der Waals surface area contributed by atoms with Gasteiger partial charge in [-0.2, -0.15) is 4.98 Å². The van der Waals surface area contributed by atoms with Crippen molar-refractivity contribution in [2.75, 3.05) is 26.8 Å². The van der Waals surface area contributed by atoms with Gasteiger partial charge in [0, 0.05) is 38.9 Å². The molecular formula is C16H24N6O2. The molecule has 2 heterocycles. The van der Waals surface area contributed by atoms with E-state index in [-0.39, 0.29) is 6.04 Å². The van der Waals surface area contributed by atoms with E-state index < -0.39 is 0 Å². The van der Waals surface area contributed by atoms with Crippen LogP contribution in [0.3, 0.4) is 0 Å². The van der Waals surface area contributed by atoms with Gasteiger partial charge in [-0.1, -0.05) is 11.2 Å². The minimum atomic E-state index is 0.175. The molecule has 0 spiro atoms.